The predicted molar refractivity (Wildman–Crippen MR) is 44.5 cm³/mol. The van der Waals surface area contributed by atoms with Crippen LogP contribution in [0.2, 0.25) is 0 Å². The van der Waals surface area contributed by atoms with Crippen LogP contribution in [0.1, 0.15) is 31.0 Å². The van der Waals surface area contributed by atoms with Gasteiger partial charge in [0.15, 0.2) is 0 Å². The van der Waals surface area contributed by atoms with Crippen LogP contribution in [0.4, 0.5) is 13.2 Å². The SMILES string of the molecule is O=C(O)CCCCc1nnc(C(F)(F)F)o1. The molecule has 0 aromatic carbocycles. The van der Waals surface area contributed by atoms with Crippen LogP contribution in [0.3, 0.4) is 0 Å². The number of nitrogens with zero attached hydrogens (tertiary/aromatic N) is 2. The summed E-state index contributed by atoms with van der Waals surface area (Å²) in [5.41, 5.74) is 0. The lowest BCUT2D eigenvalue weighted by atomic mass is 10.2. The van der Waals surface area contributed by atoms with Crippen LogP contribution in [0.5, 0.6) is 0 Å². The summed E-state index contributed by atoms with van der Waals surface area (Å²) in [5, 5.41) is 14.4. The second-order valence-electron chi connectivity index (χ2n) is 3.10. The number of hydrogen-bond donors (Lipinski definition) is 1. The van der Waals surface area contributed by atoms with Gasteiger partial charge in [-0.3, -0.25) is 4.79 Å². The van der Waals surface area contributed by atoms with Gasteiger partial charge in [-0.2, -0.15) is 13.2 Å². The summed E-state index contributed by atoms with van der Waals surface area (Å²) in [6.45, 7) is 0. The van der Waals surface area contributed by atoms with Gasteiger partial charge < -0.3 is 9.52 Å². The van der Waals surface area contributed by atoms with Crippen molar-refractivity contribution in [3.05, 3.63) is 11.8 Å². The van der Waals surface area contributed by atoms with Gasteiger partial charge in [0, 0.05) is 12.8 Å². The minimum atomic E-state index is -4.63. The van der Waals surface area contributed by atoms with Gasteiger partial charge in [-0.1, -0.05) is 0 Å². The lowest BCUT2D eigenvalue weighted by Crippen LogP contribution is -2.04. The number of halogens is 3. The van der Waals surface area contributed by atoms with Crippen molar-refractivity contribution in [2.24, 2.45) is 0 Å². The average Bonchev–Trinajstić information content (AvgIpc) is 2.59. The number of aromatic nitrogens is 2. The van der Waals surface area contributed by atoms with E-state index >= 15 is 0 Å². The number of alkyl halides is 3. The first-order valence-electron chi connectivity index (χ1n) is 4.51. The summed E-state index contributed by atoms with van der Waals surface area (Å²) in [5.74, 6) is -2.44. The van der Waals surface area contributed by atoms with Gasteiger partial charge >= 0.3 is 18.0 Å². The first kappa shape index (κ1) is 12.5. The number of carboxylic acid groups (broad SMARTS) is 1. The largest absolute Gasteiger partial charge is 0.481 e. The third kappa shape index (κ3) is 3.87. The maximum absolute atomic E-state index is 12.0. The van der Waals surface area contributed by atoms with E-state index < -0.39 is 18.0 Å². The average molecular weight is 238 g/mol. The maximum atomic E-state index is 12.0. The van der Waals surface area contributed by atoms with E-state index in [0.29, 0.717) is 12.8 Å². The van der Waals surface area contributed by atoms with E-state index in [9.17, 15) is 18.0 Å². The van der Waals surface area contributed by atoms with Crippen LogP contribution in [-0.2, 0) is 17.4 Å². The standard InChI is InChI=1S/C8H9F3N2O3/c9-8(10,11)7-13-12-5(16-7)3-1-2-4-6(14)15/h1-4H2,(H,14,15). The topological polar surface area (TPSA) is 76.2 Å². The highest BCUT2D eigenvalue weighted by molar-refractivity contribution is 5.66. The second-order valence-corrected chi connectivity index (χ2v) is 3.10. The molecule has 0 aliphatic carbocycles. The Morgan fingerprint density at radius 3 is 2.50 bits per heavy atom. The molecule has 90 valence electrons. The Balaban J connectivity index is 2.38. The molecule has 0 amide bonds. The third-order valence-electron chi connectivity index (χ3n) is 1.74. The number of aryl methyl sites for hydroxylation is 1. The van der Waals surface area contributed by atoms with E-state index in [4.69, 9.17) is 5.11 Å². The molecule has 0 saturated carbocycles. The van der Waals surface area contributed by atoms with Crippen molar-refractivity contribution in [1.29, 1.82) is 0 Å². The fraction of sp³-hybridized carbons (Fsp3) is 0.625. The fourth-order valence-corrected chi connectivity index (χ4v) is 1.02. The molecular weight excluding hydrogens is 229 g/mol. The normalized spacial score (nSPS) is 11.7. The zero-order valence-electron chi connectivity index (χ0n) is 8.12. The summed E-state index contributed by atoms with van der Waals surface area (Å²) >= 11 is 0. The number of rotatable bonds is 5. The van der Waals surface area contributed by atoms with E-state index in [1.165, 1.54) is 0 Å². The van der Waals surface area contributed by atoms with Crippen molar-refractivity contribution in [3.63, 3.8) is 0 Å². The summed E-state index contributed by atoms with van der Waals surface area (Å²) in [4.78, 5) is 10.1. The third-order valence-corrected chi connectivity index (χ3v) is 1.74. The highest BCUT2D eigenvalue weighted by Crippen LogP contribution is 2.27. The molecule has 1 N–H and O–H groups in total. The number of hydrogen-bond acceptors (Lipinski definition) is 4. The minimum absolute atomic E-state index is 0.0275. The molecule has 8 heteroatoms. The van der Waals surface area contributed by atoms with Crippen molar-refractivity contribution in [3.8, 4) is 0 Å². The first-order chi connectivity index (χ1) is 7.39. The molecule has 0 atom stereocenters. The van der Waals surface area contributed by atoms with Crippen molar-refractivity contribution in [2.45, 2.75) is 31.9 Å². The zero-order valence-corrected chi connectivity index (χ0v) is 8.12. The molecule has 0 bridgehead atoms. The van der Waals surface area contributed by atoms with E-state index in [0.717, 1.165) is 0 Å². The summed E-state index contributed by atoms with van der Waals surface area (Å²) in [7, 11) is 0. The predicted octanol–water partition coefficient (Wildman–Crippen LogP) is 1.89. The molecule has 16 heavy (non-hydrogen) atoms. The number of carboxylic acids is 1. The minimum Gasteiger partial charge on any atom is -0.481 e. The van der Waals surface area contributed by atoms with Gasteiger partial charge in [0.25, 0.3) is 0 Å². The van der Waals surface area contributed by atoms with Crippen LogP contribution in [-0.4, -0.2) is 21.3 Å². The van der Waals surface area contributed by atoms with Gasteiger partial charge in [0.05, 0.1) is 0 Å². The molecular formula is C8H9F3N2O3. The van der Waals surface area contributed by atoms with Gasteiger partial charge in [-0.25, -0.2) is 0 Å². The molecule has 1 rings (SSSR count). The van der Waals surface area contributed by atoms with Crippen molar-refractivity contribution in [2.75, 3.05) is 0 Å². The summed E-state index contributed by atoms with van der Waals surface area (Å²) in [6, 6.07) is 0. The van der Waals surface area contributed by atoms with Crippen molar-refractivity contribution >= 4 is 5.97 Å². The van der Waals surface area contributed by atoms with Crippen LogP contribution in [0, 0.1) is 0 Å². The Kier molecular flexibility index (Phi) is 3.86. The van der Waals surface area contributed by atoms with Gasteiger partial charge in [-0.15, -0.1) is 10.2 Å². The zero-order chi connectivity index (χ0) is 12.2. The maximum Gasteiger partial charge on any atom is 0.470 e. The lowest BCUT2D eigenvalue weighted by molar-refractivity contribution is -0.157. The van der Waals surface area contributed by atoms with E-state index in [1.807, 2.05) is 0 Å². The second kappa shape index (κ2) is 4.95. The van der Waals surface area contributed by atoms with Gasteiger partial charge in [0.2, 0.25) is 5.89 Å². The van der Waals surface area contributed by atoms with E-state index in [-0.39, 0.29) is 18.7 Å². The van der Waals surface area contributed by atoms with Crippen LogP contribution >= 0.6 is 0 Å². The molecule has 0 unspecified atom stereocenters. The van der Waals surface area contributed by atoms with Crippen molar-refractivity contribution < 1.29 is 27.5 Å². The summed E-state index contributed by atoms with van der Waals surface area (Å²) in [6.07, 6.45) is -3.76. The highest BCUT2D eigenvalue weighted by atomic mass is 19.4. The summed E-state index contributed by atoms with van der Waals surface area (Å²) < 4.78 is 40.4. The smallest absolute Gasteiger partial charge is 0.470 e. The Labute approximate surface area is 88.3 Å². The Hall–Kier alpha value is -1.60. The molecule has 0 fully saturated rings. The molecule has 0 spiro atoms. The van der Waals surface area contributed by atoms with Gasteiger partial charge in [0.1, 0.15) is 0 Å². The molecule has 0 aliphatic rings. The fourth-order valence-electron chi connectivity index (χ4n) is 1.02. The highest BCUT2D eigenvalue weighted by Gasteiger charge is 2.37. The van der Waals surface area contributed by atoms with Crippen molar-refractivity contribution in [1.82, 2.24) is 10.2 Å². The molecule has 1 aromatic heterocycles. The number of unbranched alkanes of at least 4 members (excludes halogenated alkanes) is 1. The van der Waals surface area contributed by atoms with Crippen LogP contribution < -0.4 is 0 Å². The molecule has 1 aromatic rings. The molecule has 0 radical (unpaired) electrons. The Morgan fingerprint density at radius 2 is 2.00 bits per heavy atom. The number of carbonyl (C=O) groups is 1. The molecule has 0 aliphatic heterocycles. The number of aliphatic carboxylic acids is 1. The van der Waals surface area contributed by atoms with E-state index in [1.54, 1.807) is 0 Å². The monoisotopic (exact) mass is 238 g/mol. The molecule has 0 saturated heterocycles. The lowest BCUT2D eigenvalue weighted by Gasteiger charge is -1.97. The van der Waals surface area contributed by atoms with Gasteiger partial charge in [-0.05, 0) is 12.8 Å². The van der Waals surface area contributed by atoms with E-state index in [2.05, 4.69) is 14.6 Å². The van der Waals surface area contributed by atoms with Crippen LogP contribution in [0.15, 0.2) is 4.42 Å². The quantitative estimate of drug-likeness (QED) is 0.792. The molecule has 5 nitrogen and oxygen atoms in total. The van der Waals surface area contributed by atoms with Crippen LogP contribution in [0.25, 0.3) is 0 Å². The Bertz CT molecular complexity index is 362. The Morgan fingerprint density at radius 1 is 1.31 bits per heavy atom. The molecule has 1 heterocycles. The first-order valence-corrected chi connectivity index (χ1v) is 4.51.